The summed E-state index contributed by atoms with van der Waals surface area (Å²) in [5.74, 6) is 1.33. The zero-order valence-corrected chi connectivity index (χ0v) is 16.0. The van der Waals surface area contributed by atoms with Gasteiger partial charge in [-0.25, -0.2) is 15.0 Å². The Labute approximate surface area is 167 Å². The maximum atomic E-state index is 12.8. The molecular weight excluding hydrogens is 372 g/mol. The molecule has 0 saturated carbocycles. The molecule has 3 aromatic heterocycles. The number of pyridine rings is 1. The molecule has 0 unspecified atom stereocenters. The Morgan fingerprint density at radius 3 is 3.07 bits per heavy atom. The molecule has 1 saturated heterocycles. The van der Waals surface area contributed by atoms with Crippen LogP contribution in [0.5, 0.6) is 0 Å². The van der Waals surface area contributed by atoms with E-state index in [0.29, 0.717) is 36.7 Å². The number of aliphatic hydroxyl groups excluding tert-OH is 1. The van der Waals surface area contributed by atoms with Gasteiger partial charge < -0.3 is 20.2 Å². The van der Waals surface area contributed by atoms with Gasteiger partial charge in [-0.3, -0.25) is 9.89 Å². The second kappa shape index (κ2) is 6.96. The highest BCUT2D eigenvalue weighted by molar-refractivity contribution is 5.93. The molecule has 0 aromatic carbocycles. The van der Waals surface area contributed by atoms with Crippen molar-refractivity contribution in [3.8, 4) is 0 Å². The Morgan fingerprint density at radius 1 is 1.28 bits per heavy atom. The van der Waals surface area contributed by atoms with Crippen molar-refractivity contribution in [1.82, 2.24) is 30.5 Å². The SMILES string of the molecule is CN1CCc2ccc(C(=O)N[C@H]3C[C@@H](O)CN(c4ncnc5[nH]ncc45)C3)nc21. The zero-order valence-electron chi connectivity index (χ0n) is 16.0. The monoisotopic (exact) mass is 394 g/mol. The van der Waals surface area contributed by atoms with Gasteiger partial charge in [-0.15, -0.1) is 0 Å². The number of anilines is 2. The van der Waals surface area contributed by atoms with Crippen LogP contribution < -0.4 is 15.1 Å². The molecule has 0 spiro atoms. The van der Waals surface area contributed by atoms with Gasteiger partial charge in [-0.2, -0.15) is 5.10 Å². The van der Waals surface area contributed by atoms with Gasteiger partial charge in [0.1, 0.15) is 23.7 Å². The predicted octanol–water partition coefficient (Wildman–Crippen LogP) is 0.110. The smallest absolute Gasteiger partial charge is 0.270 e. The number of H-pyrrole nitrogens is 1. The minimum Gasteiger partial charge on any atom is -0.391 e. The van der Waals surface area contributed by atoms with E-state index in [1.807, 2.05) is 18.0 Å². The van der Waals surface area contributed by atoms with Gasteiger partial charge in [0.25, 0.3) is 5.91 Å². The third kappa shape index (κ3) is 3.25. The fraction of sp³-hybridized carbons (Fsp3) is 0.421. The Morgan fingerprint density at radius 2 is 2.17 bits per heavy atom. The van der Waals surface area contributed by atoms with Crippen LogP contribution in [0.15, 0.2) is 24.7 Å². The van der Waals surface area contributed by atoms with Crippen molar-refractivity contribution >= 4 is 28.6 Å². The minimum atomic E-state index is -0.579. The molecule has 2 aliphatic rings. The highest BCUT2D eigenvalue weighted by Crippen LogP contribution is 2.26. The van der Waals surface area contributed by atoms with Crippen LogP contribution in [0.4, 0.5) is 11.6 Å². The van der Waals surface area contributed by atoms with Gasteiger partial charge in [-0.1, -0.05) is 6.07 Å². The lowest BCUT2D eigenvalue weighted by Crippen LogP contribution is -2.53. The number of hydrogen-bond donors (Lipinski definition) is 3. The number of rotatable bonds is 3. The Bertz CT molecular complexity index is 1070. The molecule has 150 valence electrons. The van der Waals surface area contributed by atoms with Crippen molar-refractivity contribution in [2.24, 2.45) is 0 Å². The summed E-state index contributed by atoms with van der Waals surface area (Å²) < 4.78 is 0. The number of carbonyl (C=O) groups excluding carboxylic acids is 1. The van der Waals surface area contributed by atoms with Crippen molar-refractivity contribution in [3.05, 3.63) is 35.9 Å². The second-order valence-corrected chi connectivity index (χ2v) is 7.65. The summed E-state index contributed by atoms with van der Waals surface area (Å²) >= 11 is 0. The van der Waals surface area contributed by atoms with E-state index < -0.39 is 6.10 Å². The van der Waals surface area contributed by atoms with Crippen LogP contribution in [-0.4, -0.2) is 75.0 Å². The van der Waals surface area contributed by atoms with Gasteiger partial charge >= 0.3 is 0 Å². The fourth-order valence-electron chi connectivity index (χ4n) is 4.14. The van der Waals surface area contributed by atoms with Crippen molar-refractivity contribution in [2.45, 2.75) is 25.0 Å². The highest BCUT2D eigenvalue weighted by atomic mass is 16.3. The molecule has 1 fully saturated rings. The van der Waals surface area contributed by atoms with Gasteiger partial charge in [0.15, 0.2) is 5.65 Å². The lowest BCUT2D eigenvalue weighted by Gasteiger charge is -2.36. The first-order valence-electron chi connectivity index (χ1n) is 9.67. The third-order valence-electron chi connectivity index (χ3n) is 5.56. The number of likely N-dealkylation sites (N-methyl/N-ethyl adjacent to an activating group) is 1. The molecular formula is C19H22N8O2. The first kappa shape index (κ1) is 17.8. The summed E-state index contributed by atoms with van der Waals surface area (Å²) in [5, 5.41) is 21.1. The molecule has 0 bridgehead atoms. The number of nitrogens with one attached hydrogen (secondary N) is 2. The fourth-order valence-corrected chi connectivity index (χ4v) is 4.14. The second-order valence-electron chi connectivity index (χ2n) is 7.65. The van der Waals surface area contributed by atoms with E-state index in [1.54, 1.807) is 12.3 Å². The summed E-state index contributed by atoms with van der Waals surface area (Å²) in [4.78, 5) is 29.9. The number of aliphatic hydroxyl groups is 1. The van der Waals surface area contributed by atoms with Crippen LogP contribution in [0.25, 0.3) is 11.0 Å². The first-order valence-corrected chi connectivity index (χ1v) is 9.67. The van der Waals surface area contributed by atoms with Crippen LogP contribution in [0, 0.1) is 0 Å². The van der Waals surface area contributed by atoms with E-state index in [9.17, 15) is 9.90 Å². The zero-order chi connectivity index (χ0) is 20.0. The molecule has 10 nitrogen and oxygen atoms in total. The number of carbonyl (C=O) groups is 1. The number of aromatic nitrogens is 5. The number of hydrogen-bond acceptors (Lipinski definition) is 8. The van der Waals surface area contributed by atoms with E-state index in [-0.39, 0.29) is 11.9 Å². The predicted molar refractivity (Wildman–Crippen MR) is 107 cm³/mol. The number of aromatic amines is 1. The average molecular weight is 394 g/mol. The van der Waals surface area contributed by atoms with Gasteiger partial charge in [0.2, 0.25) is 0 Å². The molecule has 5 heterocycles. The van der Waals surface area contributed by atoms with Crippen LogP contribution in [-0.2, 0) is 6.42 Å². The lowest BCUT2D eigenvalue weighted by molar-refractivity contribution is 0.0890. The van der Waals surface area contributed by atoms with Gasteiger partial charge in [0, 0.05) is 32.7 Å². The highest BCUT2D eigenvalue weighted by Gasteiger charge is 2.30. The van der Waals surface area contributed by atoms with Crippen LogP contribution in [0.2, 0.25) is 0 Å². The molecule has 10 heteroatoms. The number of β-amino-alcohol motifs (C(OH)–C–C–N with tert-alkyl or cyclic N) is 1. The third-order valence-corrected chi connectivity index (χ3v) is 5.56. The van der Waals surface area contributed by atoms with Gasteiger partial charge in [-0.05, 0) is 24.5 Å². The van der Waals surface area contributed by atoms with Crippen LogP contribution in [0.3, 0.4) is 0 Å². The van der Waals surface area contributed by atoms with Crippen molar-refractivity contribution < 1.29 is 9.90 Å². The molecule has 0 radical (unpaired) electrons. The van der Waals surface area contributed by atoms with E-state index in [4.69, 9.17) is 0 Å². The molecule has 3 N–H and O–H groups in total. The lowest BCUT2D eigenvalue weighted by atomic mass is 10.0. The molecule has 3 aromatic rings. The van der Waals surface area contributed by atoms with E-state index in [1.165, 1.54) is 6.33 Å². The van der Waals surface area contributed by atoms with Crippen molar-refractivity contribution in [2.75, 3.05) is 36.5 Å². The van der Waals surface area contributed by atoms with Crippen molar-refractivity contribution in [3.63, 3.8) is 0 Å². The quantitative estimate of drug-likeness (QED) is 0.572. The number of piperidine rings is 1. The Hall–Kier alpha value is -3.27. The topological polar surface area (TPSA) is 123 Å². The minimum absolute atomic E-state index is 0.226. The molecule has 2 atom stereocenters. The standard InChI is InChI=1S/C19H22N8O2/c1-26-5-4-11-2-3-15(24-17(11)26)19(29)23-12-6-13(28)9-27(8-12)18-14-7-22-25-16(14)20-10-21-18/h2-3,7,10,12-13,28H,4-6,8-9H2,1H3,(H,23,29)(H,20,21,22,25)/t12-,13+/m0/s1. The van der Waals surface area contributed by atoms with Crippen LogP contribution in [0.1, 0.15) is 22.5 Å². The summed E-state index contributed by atoms with van der Waals surface area (Å²) in [6, 6.07) is 3.51. The van der Waals surface area contributed by atoms with E-state index in [0.717, 1.165) is 29.7 Å². The normalized spacial score (nSPS) is 21.4. The molecule has 1 amide bonds. The largest absolute Gasteiger partial charge is 0.391 e. The summed E-state index contributed by atoms with van der Waals surface area (Å²) in [6.07, 6.45) is 3.99. The summed E-state index contributed by atoms with van der Waals surface area (Å²) in [5.41, 5.74) is 2.20. The maximum Gasteiger partial charge on any atom is 0.270 e. The van der Waals surface area contributed by atoms with Gasteiger partial charge in [0.05, 0.1) is 17.7 Å². The Balaban J connectivity index is 1.34. The summed E-state index contributed by atoms with van der Waals surface area (Å²) in [7, 11) is 1.98. The first-order chi connectivity index (χ1) is 14.1. The average Bonchev–Trinajstić information content (AvgIpc) is 3.34. The number of fused-ring (bicyclic) bond motifs is 2. The number of nitrogens with zero attached hydrogens (tertiary/aromatic N) is 6. The molecule has 0 aliphatic carbocycles. The van der Waals surface area contributed by atoms with Crippen molar-refractivity contribution in [1.29, 1.82) is 0 Å². The van der Waals surface area contributed by atoms with E-state index in [2.05, 4.69) is 35.4 Å². The Kier molecular flexibility index (Phi) is 4.27. The van der Waals surface area contributed by atoms with Crippen LogP contribution >= 0.6 is 0 Å². The summed E-state index contributed by atoms with van der Waals surface area (Å²) in [6.45, 7) is 1.88. The molecule has 5 rings (SSSR count). The maximum absolute atomic E-state index is 12.8. The number of amides is 1. The molecule has 29 heavy (non-hydrogen) atoms. The van der Waals surface area contributed by atoms with E-state index >= 15 is 0 Å². The molecule has 2 aliphatic heterocycles.